The molecule has 0 saturated carbocycles. The first-order chi connectivity index (χ1) is 11.4. The molecule has 2 atom stereocenters. The molecular formula is C18H25NO5. The molecule has 1 N–H and O–H groups in total. The minimum absolute atomic E-state index is 0.0243. The van der Waals surface area contributed by atoms with E-state index >= 15 is 0 Å². The molecule has 0 radical (unpaired) electrons. The fourth-order valence-electron chi connectivity index (χ4n) is 3.43. The van der Waals surface area contributed by atoms with E-state index in [1.165, 1.54) is 0 Å². The van der Waals surface area contributed by atoms with Crippen molar-refractivity contribution in [3.63, 3.8) is 0 Å². The molecule has 2 aliphatic rings. The van der Waals surface area contributed by atoms with Gasteiger partial charge in [-0.2, -0.15) is 0 Å². The van der Waals surface area contributed by atoms with E-state index in [0.29, 0.717) is 32.4 Å². The summed E-state index contributed by atoms with van der Waals surface area (Å²) in [6.45, 7) is 3.08. The molecule has 1 fully saturated rings. The summed E-state index contributed by atoms with van der Waals surface area (Å²) in [5, 5.41) is 8.70. The quantitative estimate of drug-likeness (QED) is 0.592. The second-order valence-electron chi connectivity index (χ2n) is 6.83. The summed E-state index contributed by atoms with van der Waals surface area (Å²) in [4.78, 5) is 37.5. The smallest absolute Gasteiger partial charge is 0.327 e. The second kappa shape index (κ2) is 7.75. The van der Waals surface area contributed by atoms with Crippen molar-refractivity contribution < 1.29 is 24.2 Å². The summed E-state index contributed by atoms with van der Waals surface area (Å²) in [5.74, 6) is -1.33. The molecule has 0 unspecified atom stereocenters. The van der Waals surface area contributed by atoms with Crippen LogP contribution in [0.25, 0.3) is 0 Å². The summed E-state index contributed by atoms with van der Waals surface area (Å²) in [6.07, 6.45) is 7.66. The van der Waals surface area contributed by atoms with Gasteiger partial charge in [-0.05, 0) is 31.1 Å². The molecule has 6 nitrogen and oxygen atoms in total. The second-order valence-corrected chi connectivity index (χ2v) is 6.83. The molecule has 0 aromatic carbocycles. The minimum atomic E-state index is -0.995. The molecule has 0 aromatic heterocycles. The standard InChI is InChI=1S/C18H25NO5/c1-18(8-3-6-16(21)22)9-7-15(20)14(11-18)17(23)19-10-4-5-13(19)12-24-2/h3,6,11,13H,4-5,7-10,12H2,1-2H3,(H,21,22)/b6-3+/t13-,18-/m0/s1. The molecule has 2 rings (SSSR count). The Morgan fingerprint density at radius 3 is 2.92 bits per heavy atom. The Morgan fingerprint density at radius 2 is 2.25 bits per heavy atom. The van der Waals surface area contributed by atoms with E-state index in [-0.39, 0.29) is 28.7 Å². The molecule has 1 amide bonds. The number of ether oxygens (including phenoxy) is 1. The number of likely N-dealkylation sites (tertiary alicyclic amines) is 1. The summed E-state index contributed by atoms with van der Waals surface area (Å²) < 4.78 is 5.17. The highest BCUT2D eigenvalue weighted by atomic mass is 16.5. The molecule has 0 aromatic rings. The van der Waals surface area contributed by atoms with Gasteiger partial charge in [-0.1, -0.05) is 19.1 Å². The average Bonchev–Trinajstić information content (AvgIpc) is 2.97. The number of methoxy groups -OCH3 is 1. The lowest BCUT2D eigenvalue weighted by Gasteiger charge is -2.32. The van der Waals surface area contributed by atoms with Crippen molar-refractivity contribution >= 4 is 17.7 Å². The molecule has 6 heteroatoms. The molecule has 1 heterocycles. The van der Waals surface area contributed by atoms with Crippen molar-refractivity contribution in [3.05, 3.63) is 23.8 Å². The summed E-state index contributed by atoms with van der Waals surface area (Å²) >= 11 is 0. The molecular weight excluding hydrogens is 310 g/mol. The van der Waals surface area contributed by atoms with E-state index in [1.807, 2.05) is 6.92 Å². The van der Waals surface area contributed by atoms with Gasteiger partial charge in [0.2, 0.25) is 0 Å². The zero-order valence-corrected chi connectivity index (χ0v) is 14.3. The van der Waals surface area contributed by atoms with E-state index < -0.39 is 5.97 Å². The molecule has 1 saturated heterocycles. The Morgan fingerprint density at radius 1 is 1.50 bits per heavy atom. The number of Topliss-reactive ketones (excluding diaryl/α,β-unsaturated/α-hetero) is 1. The molecule has 1 aliphatic heterocycles. The maximum Gasteiger partial charge on any atom is 0.327 e. The summed E-state index contributed by atoms with van der Waals surface area (Å²) in [7, 11) is 1.61. The largest absolute Gasteiger partial charge is 0.478 e. The molecule has 24 heavy (non-hydrogen) atoms. The maximum absolute atomic E-state index is 12.8. The van der Waals surface area contributed by atoms with Crippen molar-refractivity contribution in [2.45, 2.75) is 45.1 Å². The van der Waals surface area contributed by atoms with E-state index in [1.54, 1.807) is 24.2 Å². The molecule has 132 valence electrons. The van der Waals surface area contributed by atoms with Crippen LogP contribution in [0.4, 0.5) is 0 Å². The van der Waals surface area contributed by atoms with E-state index in [4.69, 9.17) is 9.84 Å². The monoisotopic (exact) mass is 335 g/mol. The fourth-order valence-corrected chi connectivity index (χ4v) is 3.43. The Kier molecular flexibility index (Phi) is 5.94. The van der Waals surface area contributed by atoms with Crippen molar-refractivity contribution in [1.82, 2.24) is 4.90 Å². The first-order valence-corrected chi connectivity index (χ1v) is 8.32. The first-order valence-electron chi connectivity index (χ1n) is 8.32. The van der Waals surface area contributed by atoms with Gasteiger partial charge in [0.05, 0.1) is 18.2 Å². The minimum Gasteiger partial charge on any atom is -0.478 e. The third-order valence-electron chi connectivity index (χ3n) is 4.79. The number of amides is 1. The number of ketones is 1. The first kappa shape index (κ1) is 18.4. The number of allylic oxidation sites excluding steroid dienone is 2. The third kappa shape index (κ3) is 4.32. The number of hydrogen-bond donors (Lipinski definition) is 1. The number of carbonyl (C=O) groups is 3. The van der Waals surface area contributed by atoms with Gasteiger partial charge < -0.3 is 14.7 Å². The SMILES string of the molecule is COC[C@@H]1CCCN1C(=O)C1=C[C@@](C)(C/C=C/C(=O)O)CCC1=O. The Bertz CT molecular complexity index is 580. The fraction of sp³-hybridized carbons (Fsp3) is 0.611. The molecule has 0 bridgehead atoms. The third-order valence-corrected chi connectivity index (χ3v) is 4.79. The van der Waals surface area contributed by atoms with Gasteiger partial charge in [0.1, 0.15) is 0 Å². The highest BCUT2D eigenvalue weighted by Crippen LogP contribution is 2.37. The van der Waals surface area contributed by atoms with Crippen molar-refractivity contribution in [1.29, 1.82) is 0 Å². The van der Waals surface area contributed by atoms with Gasteiger partial charge in [-0.25, -0.2) is 4.79 Å². The summed E-state index contributed by atoms with van der Waals surface area (Å²) in [6, 6.07) is 0.0243. The number of aliphatic carboxylic acids is 1. The Labute approximate surface area is 142 Å². The zero-order valence-electron chi connectivity index (χ0n) is 14.3. The van der Waals surface area contributed by atoms with Crippen LogP contribution in [0, 0.1) is 5.41 Å². The number of hydrogen-bond acceptors (Lipinski definition) is 4. The van der Waals surface area contributed by atoms with Gasteiger partial charge >= 0.3 is 5.97 Å². The number of carbonyl (C=O) groups excluding carboxylic acids is 2. The van der Waals surface area contributed by atoms with Crippen LogP contribution in [0.5, 0.6) is 0 Å². The lowest BCUT2D eigenvalue weighted by Crippen LogP contribution is -2.41. The zero-order chi connectivity index (χ0) is 17.7. The lowest BCUT2D eigenvalue weighted by atomic mass is 9.75. The van der Waals surface area contributed by atoms with E-state index in [0.717, 1.165) is 18.9 Å². The highest BCUT2D eigenvalue weighted by molar-refractivity contribution is 6.19. The van der Waals surface area contributed by atoms with Crippen molar-refractivity contribution in [2.75, 3.05) is 20.3 Å². The highest BCUT2D eigenvalue weighted by Gasteiger charge is 2.37. The molecule has 1 aliphatic carbocycles. The Balaban J connectivity index is 2.18. The van der Waals surface area contributed by atoms with Crippen LogP contribution in [0.2, 0.25) is 0 Å². The topological polar surface area (TPSA) is 83.9 Å². The number of nitrogens with zero attached hydrogens (tertiary/aromatic N) is 1. The van der Waals surface area contributed by atoms with Gasteiger partial charge in [0.15, 0.2) is 5.78 Å². The van der Waals surface area contributed by atoms with E-state index in [9.17, 15) is 14.4 Å². The molecule has 0 spiro atoms. The lowest BCUT2D eigenvalue weighted by molar-refractivity contribution is -0.132. The summed E-state index contributed by atoms with van der Waals surface area (Å²) in [5.41, 5.74) is -0.128. The van der Waals surface area contributed by atoms with Crippen LogP contribution in [-0.2, 0) is 19.1 Å². The van der Waals surface area contributed by atoms with Crippen LogP contribution in [0.3, 0.4) is 0 Å². The normalized spacial score (nSPS) is 27.6. The maximum atomic E-state index is 12.8. The van der Waals surface area contributed by atoms with Gasteiger partial charge in [0, 0.05) is 26.2 Å². The average molecular weight is 335 g/mol. The predicted octanol–water partition coefficient (Wildman–Crippen LogP) is 1.95. The van der Waals surface area contributed by atoms with Crippen LogP contribution >= 0.6 is 0 Å². The van der Waals surface area contributed by atoms with Crippen LogP contribution in [0.15, 0.2) is 23.8 Å². The van der Waals surface area contributed by atoms with Crippen molar-refractivity contribution in [2.24, 2.45) is 5.41 Å². The Hall–Kier alpha value is -1.95. The number of carboxylic acids is 1. The predicted molar refractivity (Wildman–Crippen MR) is 88.4 cm³/mol. The number of carboxylic acid groups (broad SMARTS) is 1. The van der Waals surface area contributed by atoms with Crippen LogP contribution in [-0.4, -0.2) is 54.0 Å². The van der Waals surface area contributed by atoms with Gasteiger partial charge in [-0.15, -0.1) is 0 Å². The van der Waals surface area contributed by atoms with Crippen molar-refractivity contribution in [3.8, 4) is 0 Å². The van der Waals surface area contributed by atoms with Crippen LogP contribution in [0.1, 0.15) is 39.0 Å². The van der Waals surface area contributed by atoms with Crippen LogP contribution < -0.4 is 0 Å². The number of rotatable bonds is 6. The van der Waals surface area contributed by atoms with Gasteiger partial charge in [0.25, 0.3) is 5.91 Å². The van der Waals surface area contributed by atoms with Gasteiger partial charge in [-0.3, -0.25) is 9.59 Å². The van der Waals surface area contributed by atoms with E-state index in [2.05, 4.69) is 0 Å².